The van der Waals surface area contributed by atoms with E-state index < -0.39 is 0 Å². The Morgan fingerprint density at radius 1 is 0.571 bits per heavy atom. The van der Waals surface area contributed by atoms with Gasteiger partial charge in [-0.25, -0.2) is 0 Å². The lowest BCUT2D eigenvalue weighted by atomic mass is 11.6. The number of rotatable bonds is 0. The SMILES string of the molecule is C[NH3+].O.O.O.O.O. The van der Waals surface area contributed by atoms with Gasteiger partial charge in [-0.2, -0.15) is 0 Å². The van der Waals surface area contributed by atoms with Crippen molar-refractivity contribution >= 4 is 0 Å². The van der Waals surface area contributed by atoms with Crippen LogP contribution in [0, 0.1) is 0 Å². The highest BCUT2D eigenvalue weighted by molar-refractivity contribution is 3.08. The molecular formula is CH16NO5+. The lowest BCUT2D eigenvalue weighted by molar-refractivity contribution is -0.325. The maximum Gasteiger partial charge on any atom is 0.0634 e. The van der Waals surface area contributed by atoms with Crippen molar-refractivity contribution in [3.8, 4) is 0 Å². The molecule has 0 aromatic carbocycles. The standard InChI is InChI=1S/CH5N.5H2O/c1-2;;;;;/h2H2,1H3;5*1H2/p+1. The molecule has 0 aliphatic heterocycles. The molecule has 13 N–H and O–H groups in total. The van der Waals surface area contributed by atoms with E-state index in [2.05, 4.69) is 5.73 Å². The van der Waals surface area contributed by atoms with Crippen molar-refractivity contribution in [3.05, 3.63) is 0 Å². The number of hydrogen-bond donors (Lipinski definition) is 1. The van der Waals surface area contributed by atoms with Gasteiger partial charge in [0.2, 0.25) is 0 Å². The second kappa shape index (κ2) is 2270. The van der Waals surface area contributed by atoms with Gasteiger partial charge >= 0.3 is 0 Å². The molecule has 0 spiro atoms. The van der Waals surface area contributed by atoms with Crippen molar-refractivity contribution in [2.45, 2.75) is 0 Å². The minimum absolute atomic E-state index is 0. The molecule has 0 aliphatic carbocycles. The molecule has 0 saturated carbocycles. The van der Waals surface area contributed by atoms with Crippen LogP contribution in [0.15, 0.2) is 0 Å². The topological polar surface area (TPSA) is 185 Å². The van der Waals surface area contributed by atoms with Gasteiger partial charge in [0.25, 0.3) is 0 Å². The molecule has 0 fully saturated rings. The second-order valence-electron chi connectivity index (χ2n) is 0. The summed E-state index contributed by atoms with van der Waals surface area (Å²) in [4.78, 5) is 0. The minimum atomic E-state index is 0. The van der Waals surface area contributed by atoms with Gasteiger partial charge < -0.3 is 33.1 Å². The molecule has 0 radical (unpaired) electrons. The first-order valence-electron chi connectivity index (χ1n) is 0.707. The Bertz CT molecular complexity index is 8.04. The third-order valence-electron chi connectivity index (χ3n) is 0. The first-order valence-corrected chi connectivity index (χ1v) is 0.707. The molecule has 0 rings (SSSR count). The summed E-state index contributed by atoms with van der Waals surface area (Å²) in [7, 11) is 1.75. The van der Waals surface area contributed by atoms with Crippen molar-refractivity contribution in [3.63, 3.8) is 0 Å². The van der Waals surface area contributed by atoms with Gasteiger partial charge in [0, 0.05) is 0 Å². The zero-order valence-corrected chi connectivity index (χ0v) is 4.21. The van der Waals surface area contributed by atoms with Gasteiger partial charge in [0.15, 0.2) is 0 Å². The van der Waals surface area contributed by atoms with E-state index in [0.717, 1.165) is 0 Å². The number of hydrogen-bond acceptors (Lipinski definition) is 0. The zero-order chi connectivity index (χ0) is 2.00. The van der Waals surface area contributed by atoms with Crippen LogP contribution in [0.2, 0.25) is 0 Å². The molecule has 0 saturated heterocycles. The highest BCUT2D eigenvalue weighted by Crippen LogP contribution is 0.251. The summed E-state index contributed by atoms with van der Waals surface area (Å²) in [5.74, 6) is 0. The van der Waals surface area contributed by atoms with Crippen molar-refractivity contribution in [1.29, 1.82) is 0 Å². The maximum absolute atomic E-state index is 3.25. The van der Waals surface area contributed by atoms with E-state index in [1.807, 2.05) is 0 Å². The van der Waals surface area contributed by atoms with E-state index in [0.29, 0.717) is 0 Å². The predicted octanol–water partition coefficient (Wildman–Crippen LogP) is -5.27. The Morgan fingerprint density at radius 3 is 0.571 bits per heavy atom. The molecule has 6 nitrogen and oxygen atoms in total. The monoisotopic (exact) mass is 122 g/mol. The van der Waals surface area contributed by atoms with Crippen LogP contribution in [-0.2, 0) is 0 Å². The normalized spacial score (nSPS) is 0.857. The zero-order valence-electron chi connectivity index (χ0n) is 4.21. The quantitative estimate of drug-likeness (QED) is 0.322. The summed E-state index contributed by atoms with van der Waals surface area (Å²) in [6.45, 7) is 0. The molecule has 6 heteroatoms. The van der Waals surface area contributed by atoms with E-state index in [1.165, 1.54) is 0 Å². The average molecular weight is 122 g/mol. The smallest absolute Gasteiger partial charge is 0.0634 e. The van der Waals surface area contributed by atoms with Crippen LogP contribution >= 0.6 is 0 Å². The molecule has 0 heterocycles. The van der Waals surface area contributed by atoms with Crippen molar-refractivity contribution in [1.82, 2.24) is 0 Å². The van der Waals surface area contributed by atoms with E-state index in [4.69, 9.17) is 0 Å². The lowest BCUT2D eigenvalue weighted by Crippen LogP contribution is -2.40. The Balaban J connectivity index is -0.000000000500. The third kappa shape index (κ3) is 1410. The minimum Gasteiger partial charge on any atom is -0.412 e. The molecule has 0 unspecified atom stereocenters. The van der Waals surface area contributed by atoms with Crippen LogP contribution in [0.5, 0.6) is 0 Å². The largest absolute Gasteiger partial charge is 0.412 e. The van der Waals surface area contributed by atoms with Gasteiger partial charge in [0.05, 0.1) is 7.05 Å². The highest BCUT2D eigenvalue weighted by Gasteiger charge is 0.874. The van der Waals surface area contributed by atoms with E-state index in [1.54, 1.807) is 7.05 Å². The average Bonchev–Trinajstić information content (AvgIpc) is 1.00. The van der Waals surface area contributed by atoms with Crippen molar-refractivity contribution < 1.29 is 33.1 Å². The molecule has 0 atom stereocenters. The molecule has 0 bridgehead atoms. The predicted molar refractivity (Wildman–Crippen MR) is 26.9 cm³/mol. The molecule has 7 heavy (non-hydrogen) atoms. The van der Waals surface area contributed by atoms with Crippen molar-refractivity contribution in [2.75, 3.05) is 7.05 Å². The van der Waals surface area contributed by atoms with E-state index in [9.17, 15) is 0 Å². The van der Waals surface area contributed by atoms with Gasteiger partial charge in [0.1, 0.15) is 0 Å². The highest BCUT2D eigenvalue weighted by atomic mass is 16.0. The van der Waals surface area contributed by atoms with Crippen molar-refractivity contribution in [2.24, 2.45) is 0 Å². The van der Waals surface area contributed by atoms with Gasteiger partial charge in [-0.05, 0) is 0 Å². The molecule has 0 amide bonds. The molecule has 54 valence electrons. The Morgan fingerprint density at radius 2 is 0.571 bits per heavy atom. The first-order chi connectivity index (χ1) is 1.00. The van der Waals surface area contributed by atoms with Crippen LogP contribution in [0.3, 0.4) is 0 Å². The van der Waals surface area contributed by atoms with Crippen LogP contribution < -0.4 is 5.73 Å². The van der Waals surface area contributed by atoms with Gasteiger partial charge in [-0.15, -0.1) is 0 Å². The van der Waals surface area contributed by atoms with Crippen LogP contribution in [0.4, 0.5) is 0 Å². The fourth-order valence-electron chi connectivity index (χ4n) is 0. The number of quaternary nitrogens is 1. The van der Waals surface area contributed by atoms with Crippen LogP contribution in [-0.4, -0.2) is 34.4 Å². The van der Waals surface area contributed by atoms with Crippen LogP contribution in [0.25, 0.3) is 0 Å². The molecular weight excluding hydrogens is 106 g/mol. The summed E-state index contributed by atoms with van der Waals surface area (Å²) >= 11 is 0. The first kappa shape index (κ1) is 388. The van der Waals surface area contributed by atoms with E-state index >= 15 is 0 Å². The van der Waals surface area contributed by atoms with Crippen LogP contribution in [0.1, 0.15) is 0 Å². The third-order valence-corrected chi connectivity index (χ3v) is 0. The molecule has 0 aromatic rings. The fourth-order valence-corrected chi connectivity index (χ4v) is 0. The summed E-state index contributed by atoms with van der Waals surface area (Å²) in [5, 5.41) is 0. The summed E-state index contributed by atoms with van der Waals surface area (Å²) in [5.41, 5.74) is 3.25. The Labute approximate surface area is 41.5 Å². The Kier molecular flexibility index (Phi) is 126000. The summed E-state index contributed by atoms with van der Waals surface area (Å²) < 4.78 is 0. The second-order valence-corrected chi connectivity index (χ2v) is 0. The fraction of sp³-hybridized carbons (Fsp3) is 1.00. The Hall–Kier alpha value is -0.240. The maximum atomic E-state index is 3.25. The molecule has 0 aliphatic rings. The van der Waals surface area contributed by atoms with Gasteiger partial charge in [-0.1, -0.05) is 0 Å². The molecule has 0 aromatic heterocycles. The lowest BCUT2D eigenvalue weighted by Gasteiger charge is -1.17. The van der Waals surface area contributed by atoms with Gasteiger partial charge in [-0.3, -0.25) is 0 Å². The summed E-state index contributed by atoms with van der Waals surface area (Å²) in [6, 6.07) is 0. The van der Waals surface area contributed by atoms with E-state index in [-0.39, 0.29) is 27.4 Å². The summed E-state index contributed by atoms with van der Waals surface area (Å²) in [6.07, 6.45) is 0.